The molecule has 82 heavy (non-hydrogen) atoms. The quantitative estimate of drug-likeness (QED) is 0.0205. The summed E-state index contributed by atoms with van der Waals surface area (Å²) in [6.07, 6.45) is 83.7. The van der Waals surface area contributed by atoms with Crippen molar-refractivity contribution >= 4 is 19.7 Å². The largest absolute Gasteiger partial charge is 0.472 e. The third-order valence-electron chi connectivity index (χ3n) is 14.4. The number of rotatable bonds is 60. The minimum atomic E-state index is -4.47. The number of phosphoric acid groups is 1. The fourth-order valence-corrected chi connectivity index (χ4v) is 9.94. The highest BCUT2D eigenvalue weighted by Crippen LogP contribution is 2.43. The molecule has 0 radical (unpaired) electrons. The number of nitrogens with zero attached hydrogens (tertiary/aromatic N) is 1. The zero-order valence-electron chi connectivity index (χ0n) is 54.0. The van der Waals surface area contributed by atoms with Crippen LogP contribution in [0.3, 0.4) is 0 Å². The molecule has 9 nitrogen and oxygen atoms in total. The van der Waals surface area contributed by atoms with E-state index < -0.39 is 20.0 Å². The molecule has 0 heterocycles. The van der Waals surface area contributed by atoms with Crippen molar-refractivity contribution in [2.75, 3.05) is 40.9 Å². The summed E-state index contributed by atoms with van der Waals surface area (Å²) in [6, 6.07) is -0.875. The van der Waals surface area contributed by atoms with Gasteiger partial charge in [-0.25, -0.2) is 4.57 Å². The molecule has 0 aliphatic rings. The van der Waals surface area contributed by atoms with Crippen molar-refractivity contribution in [1.82, 2.24) is 5.32 Å². The van der Waals surface area contributed by atoms with Crippen LogP contribution in [0.15, 0.2) is 109 Å². The predicted octanol–water partition coefficient (Wildman–Crippen LogP) is 21.3. The zero-order valence-corrected chi connectivity index (χ0v) is 54.8. The average Bonchev–Trinajstić information content (AvgIpc) is 3.44. The summed E-state index contributed by atoms with van der Waals surface area (Å²) < 4.78 is 30.7. The predicted molar refractivity (Wildman–Crippen MR) is 355 cm³/mol. The Morgan fingerprint density at radius 2 is 0.744 bits per heavy atom. The molecule has 0 aliphatic heterocycles. The lowest BCUT2D eigenvalue weighted by molar-refractivity contribution is -0.870. The van der Waals surface area contributed by atoms with E-state index in [9.17, 15) is 19.0 Å². The van der Waals surface area contributed by atoms with Crippen molar-refractivity contribution in [3.63, 3.8) is 0 Å². The number of amides is 1. The molecule has 0 aromatic rings. The van der Waals surface area contributed by atoms with Gasteiger partial charge in [0, 0.05) is 12.8 Å². The molecule has 3 atom stereocenters. The summed E-state index contributed by atoms with van der Waals surface area (Å²) in [6.45, 7) is 6.93. The number of unbranched alkanes of at least 4 members (excludes halogenated alkanes) is 28. The number of phosphoric ester groups is 1. The van der Waals surface area contributed by atoms with Crippen molar-refractivity contribution in [2.45, 2.75) is 296 Å². The first-order valence-electron chi connectivity index (χ1n) is 33.7. The number of allylic oxidation sites excluding steroid dienone is 17. The summed E-state index contributed by atoms with van der Waals surface area (Å²) in [7, 11) is 1.46. The summed E-state index contributed by atoms with van der Waals surface area (Å²) in [5.41, 5.74) is 0. The van der Waals surface area contributed by atoms with Gasteiger partial charge in [0.15, 0.2) is 0 Å². The molecule has 3 unspecified atom stereocenters. The molecule has 472 valence electrons. The second kappa shape index (κ2) is 60.8. The Morgan fingerprint density at radius 3 is 1.15 bits per heavy atom. The number of quaternary nitrogens is 1. The topological polar surface area (TPSA) is 111 Å². The molecule has 0 fully saturated rings. The maximum Gasteiger partial charge on any atom is 0.472 e. The van der Waals surface area contributed by atoms with Crippen LogP contribution < -0.4 is 5.32 Å². The van der Waals surface area contributed by atoms with Gasteiger partial charge in [-0.15, -0.1) is 0 Å². The molecule has 0 aromatic heterocycles. The summed E-state index contributed by atoms with van der Waals surface area (Å²) in [5.74, 6) is -0.550. The number of esters is 1. The van der Waals surface area contributed by atoms with Crippen LogP contribution >= 0.6 is 7.82 Å². The van der Waals surface area contributed by atoms with Crippen LogP contribution in [-0.4, -0.2) is 74.3 Å². The highest BCUT2D eigenvalue weighted by atomic mass is 31.2. The Morgan fingerprint density at radius 1 is 0.427 bits per heavy atom. The van der Waals surface area contributed by atoms with Crippen molar-refractivity contribution in [3.8, 4) is 0 Å². The van der Waals surface area contributed by atoms with E-state index in [-0.39, 0.29) is 37.9 Å². The van der Waals surface area contributed by atoms with Gasteiger partial charge in [0.05, 0.1) is 33.8 Å². The molecule has 2 N–H and O–H groups in total. The maximum atomic E-state index is 13.6. The fraction of sp³-hybridized carbons (Fsp3) is 0.722. The Bertz CT molecular complexity index is 1770. The number of hydrogen-bond donors (Lipinski definition) is 2. The molecule has 1 amide bonds. The molecular formula is C72H128N2O7P+. The summed E-state index contributed by atoms with van der Waals surface area (Å²) in [4.78, 5) is 37.8. The standard InChI is InChI=1S/C72H127N2O7P/c1-7-10-13-16-19-22-25-28-30-32-34-35-36-37-38-39-41-43-45-47-50-53-56-59-62-65-72(76)81-70(63-60-57-54-51-48-27-24-21-18-15-12-9-3)69(68-80-82(77,78)79-67-66-74(4,5)6)73-71(75)64-61-58-55-52-49-46-44-42-40-33-31-29-26-23-20-17-14-11-8-2/h19-20,22-23,28-31,34-35,37-38,40,42,46,49,60,63,69-70H,7-18,21,24-27,32-33,36,39,41,43-45,47-48,50-59,61-62,64-68H2,1-6H3,(H-,73,75,77,78)/p+1/b22-19-,23-20-,30-28-,31-29-,35-34-,38-37-,42-40-,49-46-,63-60-. The molecule has 0 bridgehead atoms. The highest BCUT2D eigenvalue weighted by molar-refractivity contribution is 7.47. The molecule has 0 aromatic carbocycles. The van der Waals surface area contributed by atoms with Gasteiger partial charge >= 0.3 is 13.8 Å². The second-order valence-electron chi connectivity index (χ2n) is 23.6. The van der Waals surface area contributed by atoms with Crippen molar-refractivity contribution in [1.29, 1.82) is 0 Å². The third kappa shape index (κ3) is 61.2. The van der Waals surface area contributed by atoms with Gasteiger partial charge in [-0.2, -0.15) is 0 Å². The molecule has 0 spiro atoms. The van der Waals surface area contributed by atoms with Gasteiger partial charge < -0.3 is 19.4 Å². The Labute approximate surface area is 506 Å². The van der Waals surface area contributed by atoms with Crippen molar-refractivity contribution in [3.05, 3.63) is 109 Å². The lowest BCUT2D eigenvalue weighted by Gasteiger charge is -2.27. The number of hydrogen-bond acceptors (Lipinski definition) is 6. The molecule has 0 saturated heterocycles. The fourth-order valence-electron chi connectivity index (χ4n) is 9.20. The van der Waals surface area contributed by atoms with E-state index in [2.05, 4.69) is 123 Å². The van der Waals surface area contributed by atoms with Crippen LogP contribution in [0, 0.1) is 0 Å². The minimum Gasteiger partial charge on any atom is -0.456 e. The number of carbonyl (C=O) groups excluding carboxylic acids is 2. The van der Waals surface area contributed by atoms with Crippen LogP contribution in [-0.2, 0) is 27.9 Å². The first kappa shape index (κ1) is 78.7. The van der Waals surface area contributed by atoms with Gasteiger partial charge in [0.25, 0.3) is 0 Å². The van der Waals surface area contributed by atoms with E-state index in [1.165, 1.54) is 135 Å². The van der Waals surface area contributed by atoms with Crippen LogP contribution in [0.1, 0.15) is 284 Å². The number of likely N-dealkylation sites (N-methyl/N-ethyl adjacent to an activating group) is 1. The first-order chi connectivity index (χ1) is 39.9. The molecular weight excluding hydrogens is 1040 g/mol. The van der Waals surface area contributed by atoms with Crippen LogP contribution in [0.4, 0.5) is 0 Å². The molecule has 0 aliphatic carbocycles. The number of carbonyl (C=O) groups is 2. The Kier molecular flexibility index (Phi) is 58.3. The smallest absolute Gasteiger partial charge is 0.456 e. The maximum absolute atomic E-state index is 13.6. The summed E-state index contributed by atoms with van der Waals surface area (Å²) in [5, 5.41) is 3.04. The van der Waals surface area contributed by atoms with E-state index >= 15 is 0 Å². The lowest BCUT2D eigenvalue weighted by atomic mass is 10.0. The SMILES string of the molecule is CCCCC/C=C\C/C=C\C/C=C\C/C=C\CCCCCCCCCCCC(=O)OC(/C=C\CCCCCCCCCCCC)C(COP(=O)(O)OCC[N+](C)(C)C)NC(=O)CCCCC/C=C\C/C=C\C/C=C\C/C=C\CCCCC. The van der Waals surface area contributed by atoms with E-state index in [4.69, 9.17) is 13.8 Å². The summed E-state index contributed by atoms with van der Waals surface area (Å²) >= 11 is 0. The highest BCUT2D eigenvalue weighted by Gasteiger charge is 2.30. The van der Waals surface area contributed by atoms with Crippen molar-refractivity contribution in [2.24, 2.45) is 0 Å². The lowest BCUT2D eigenvalue weighted by Crippen LogP contribution is -2.47. The number of ether oxygens (including phenoxy) is 1. The monoisotopic (exact) mass is 1160 g/mol. The molecule has 0 rings (SSSR count). The Balaban J connectivity index is 5.21. The van der Waals surface area contributed by atoms with E-state index in [1.54, 1.807) is 0 Å². The average molecular weight is 1160 g/mol. The molecule has 0 saturated carbocycles. The van der Waals surface area contributed by atoms with Crippen LogP contribution in [0.25, 0.3) is 0 Å². The Hall–Kier alpha value is -3.33. The number of nitrogens with one attached hydrogen (secondary N) is 1. The van der Waals surface area contributed by atoms with Crippen LogP contribution in [0.2, 0.25) is 0 Å². The van der Waals surface area contributed by atoms with Gasteiger partial charge in [-0.3, -0.25) is 18.6 Å². The second-order valence-corrected chi connectivity index (χ2v) is 25.1. The van der Waals surface area contributed by atoms with Gasteiger partial charge in [0.2, 0.25) is 5.91 Å². The first-order valence-corrected chi connectivity index (χ1v) is 35.2. The van der Waals surface area contributed by atoms with E-state index in [0.29, 0.717) is 17.4 Å². The van der Waals surface area contributed by atoms with Crippen molar-refractivity contribution < 1.29 is 37.3 Å². The normalized spacial score (nSPS) is 14.3. The van der Waals surface area contributed by atoms with Gasteiger partial charge in [0.1, 0.15) is 19.3 Å². The van der Waals surface area contributed by atoms with Gasteiger partial charge in [-0.1, -0.05) is 259 Å². The minimum absolute atomic E-state index is 0.0276. The van der Waals surface area contributed by atoms with E-state index in [0.717, 1.165) is 109 Å². The zero-order chi connectivity index (χ0) is 60.0. The molecule has 10 heteroatoms. The third-order valence-corrected chi connectivity index (χ3v) is 15.4. The van der Waals surface area contributed by atoms with Crippen LogP contribution in [0.5, 0.6) is 0 Å². The van der Waals surface area contributed by atoms with Gasteiger partial charge in [-0.05, 0) is 122 Å². The van der Waals surface area contributed by atoms with E-state index in [1.807, 2.05) is 33.3 Å².